The van der Waals surface area contributed by atoms with Gasteiger partial charge in [-0.2, -0.15) is 4.99 Å². The first-order valence-corrected chi connectivity index (χ1v) is 4.40. The van der Waals surface area contributed by atoms with Crippen LogP contribution in [-0.2, 0) is 16.1 Å². The zero-order valence-electron chi connectivity index (χ0n) is 8.57. The van der Waals surface area contributed by atoms with E-state index in [-0.39, 0.29) is 6.54 Å². The Morgan fingerprint density at radius 1 is 1.20 bits per heavy atom. The lowest BCUT2D eigenvalue weighted by molar-refractivity contribution is 0.563. The van der Waals surface area contributed by atoms with Crippen LogP contribution in [0.5, 0.6) is 0 Å². The lowest BCUT2D eigenvalue weighted by Crippen LogP contribution is -1.88. The molecule has 0 aliphatic heterocycles. The van der Waals surface area contributed by atoms with Crippen LogP contribution < -0.4 is 0 Å². The summed E-state index contributed by atoms with van der Waals surface area (Å²) in [5.41, 5.74) is 3.18. The quantitative estimate of drug-likeness (QED) is 0.556. The molecule has 4 nitrogen and oxygen atoms in total. The molecule has 0 bridgehead atoms. The van der Waals surface area contributed by atoms with Crippen LogP contribution in [-0.4, -0.2) is 12.2 Å². The number of carbonyl (C=O) groups excluding carboxylic acids is 2. The maximum atomic E-state index is 10.2. The van der Waals surface area contributed by atoms with Crippen LogP contribution in [0.2, 0.25) is 0 Å². The fourth-order valence-corrected chi connectivity index (χ4v) is 1.49. The largest absolute Gasteiger partial charge is 0.240 e. The van der Waals surface area contributed by atoms with E-state index < -0.39 is 0 Å². The number of isocyanates is 2. The zero-order chi connectivity index (χ0) is 11.3. The molecular formula is C11H10N2O2. The summed E-state index contributed by atoms with van der Waals surface area (Å²) in [6, 6.07) is 3.74. The number of aliphatic imine (C=N–C) groups is 2. The van der Waals surface area contributed by atoms with Crippen LogP contribution in [0.1, 0.15) is 16.7 Å². The van der Waals surface area contributed by atoms with Crippen LogP contribution in [0, 0.1) is 13.8 Å². The summed E-state index contributed by atoms with van der Waals surface area (Å²) >= 11 is 0. The number of benzene rings is 1. The average Bonchev–Trinajstić information content (AvgIpc) is 2.19. The zero-order valence-corrected chi connectivity index (χ0v) is 8.57. The molecule has 0 fully saturated rings. The van der Waals surface area contributed by atoms with E-state index in [1.54, 1.807) is 0 Å². The van der Waals surface area contributed by atoms with Gasteiger partial charge in [0.1, 0.15) is 0 Å². The molecule has 0 saturated carbocycles. The van der Waals surface area contributed by atoms with Gasteiger partial charge < -0.3 is 0 Å². The van der Waals surface area contributed by atoms with Crippen molar-refractivity contribution in [2.75, 3.05) is 0 Å². The molecule has 4 heteroatoms. The van der Waals surface area contributed by atoms with Crippen molar-refractivity contribution in [3.8, 4) is 0 Å². The average molecular weight is 202 g/mol. The van der Waals surface area contributed by atoms with E-state index in [0.717, 1.165) is 16.7 Å². The van der Waals surface area contributed by atoms with Crippen molar-refractivity contribution in [2.24, 2.45) is 9.98 Å². The maximum Gasteiger partial charge on any atom is 0.240 e. The van der Waals surface area contributed by atoms with Crippen LogP contribution in [0.15, 0.2) is 22.1 Å². The summed E-state index contributed by atoms with van der Waals surface area (Å²) in [5, 5.41) is 0. The second-order valence-electron chi connectivity index (χ2n) is 3.20. The minimum atomic E-state index is 0.187. The Morgan fingerprint density at radius 3 is 2.53 bits per heavy atom. The first-order valence-electron chi connectivity index (χ1n) is 4.40. The van der Waals surface area contributed by atoms with Crippen LogP contribution in [0.25, 0.3) is 0 Å². The van der Waals surface area contributed by atoms with Crippen molar-refractivity contribution in [1.82, 2.24) is 0 Å². The summed E-state index contributed by atoms with van der Waals surface area (Å²) in [7, 11) is 0. The lowest BCUT2D eigenvalue weighted by atomic mass is 10.0. The molecule has 0 unspecified atom stereocenters. The summed E-state index contributed by atoms with van der Waals surface area (Å²) < 4.78 is 0. The van der Waals surface area contributed by atoms with E-state index in [2.05, 4.69) is 9.98 Å². The predicted molar refractivity (Wildman–Crippen MR) is 55.5 cm³/mol. The second-order valence-corrected chi connectivity index (χ2v) is 3.20. The molecule has 0 N–H and O–H groups in total. The van der Waals surface area contributed by atoms with Gasteiger partial charge in [-0.25, -0.2) is 14.6 Å². The van der Waals surface area contributed by atoms with Gasteiger partial charge in [0.2, 0.25) is 12.2 Å². The van der Waals surface area contributed by atoms with E-state index in [1.807, 2.05) is 26.0 Å². The third-order valence-corrected chi connectivity index (χ3v) is 2.00. The Labute approximate surface area is 87.4 Å². The van der Waals surface area contributed by atoms with Crippen molar-refractivity contribution in [2.45, 2.75) is 20.4 Å². The second kappa shape index (κ2) is 5.01. The number of hydrogen-bond donors (Lipinski definition) is 0. The van der Waals surface area contributed by atoms with Crippen molar-refractivity contribution < 1.29 is 9.59 Å². The van der Waals surface area contributed by atoms with Crippen LogP contribution in [0.3, 0.4) is 0 Å². The molecular weight excluding hydrogens is 192 g/mol. The highest BCUT2D eigenvalue weighted by Gasteiger charge is 2.05. The fraction of sp³-hybridized carbons (Fsp3) is 0.273. The maximum absolute atomic E-state index is 10.2. The van der Waals surface area contributed by atoms with Gasteiger partial charge in [-0.1, -0.05) is 17.7 Å². The Balaban J connectivity index is 3.31. The lowest BCUT2D eigenvalue weighted by Gasteiger charge is -2.06. The molecule has 0 amide bonds. The minimum absolute atomic E-state index is 0.187. The van der Waals surface area contributed by atoms with E-state index in [1.165, 1.54) is 12.2 Å². The smallest absolute Gasteiger partial charge is 0.211 e. The van der Waals surface area contributed by atoms with Crippen molar-refractivity contribution in [3.63, 3.8) is 0 Å². The van der Waals surface area contributed by atoms with Crippen molar-refractivity contribution in [3.05, 3.63) is 28.8 Å². The van der Waals surface area contributed by atoms with Gasteiger partial charge in [0.25, 0.3) is 0 Å². The van der Waals surface area contributed by atoms with Gasteiger partial charge in [0.15, 0.2) is 0 Å². The van der Waals surface area contributed by atoms with Crippen LogP contribution >= 0.6 is 0 Å². The van der Waals surface area contributed by atoms with E-state index in [4.69, 9.17) is 0 Å². The van der Waals surface area contributed by atoms with E-state index >= 15 is 0 Å². The monoisotopic (exact) mass is 202 g/mol. The molecule has 0 heterocycles. The first kappa shape index (κ1) is 11.1. The Kier molecular flexibility index (Phi) is 3.69. The van der Waals surface area contributed by atoms with E-state index in [9.17, 15) is 9.59 Å². The normalized spacial score (nSPS) is 8.93. The highest BCUT2D eigenvalue weighted by molar-refractivity contribution is 5.59. The SMILES string of the molecule is Cc1cc(C)c(N=C=O)c(CN=C=O)c1. The van der Waals surface area contributed by atoms with Gasteiger partial charge in [0, 0.05) is 5.56 Å². The van der Waals surface area contributed by atoms with Crippen LogP contribution in [0.4, 0.5) is 5.69 Å². The number of nitrogens with zero attached hydrogens (tertiary/aromatic N) is 2. The van der Waals surface area contributed by atoms with Gasteiger partial charge in [-0.05, 0) is 19.4 Å². The molecule has 1 rings (SSSR count). The Hall–Kier alpha value is -2.02. The molecule has 0 aliphatic carbocycles. The molecule has 0 aliphatic rings. The van der Waals surface area contributed by atoms with Crippen molar-refractivity contribution >= 4 is 17.8 Å². The molecule has 0 spiro atoms. The van der Waals surface area contributed by atoms with Gasteiger partial charge in [-0.15, -0.1) is 0 Å². The van der Waals surface area contributed by atoms with Gasteiger partial charge in [-0.3, -0.25) is 0 Å². The molecule has 15 heavy (non-hydrogen) atoms. The highest BCUT2D eigenvalue weighted by atomic mass is 16.1. The minimum Gasteiger partial charge on any atom is -0.211 e. The van der Waals surface area contributed by atoms with Crippen molar-refractivity contribution in [1.29, 1.82) is 0 Å². The fourth-order valence-electron chi connectivity index (χ4n) is 1.49. The molecule has 0 atom stereocenters. The third-order valence-electron chi connectivity index (χ3n) is 2.00. The molecule has 0 aromatic heterocycles. The van der Waals surface area contributed by atoms with Gasteiger partial charge in [0.05, 0.1) is 12.2 Å². The summed E-state index contributed by atoms with van der Waals surface area (Å²) in [6.07, 6.45) is 2.96. The summed E-state index contributed by atoms with van der Waals surface area (Å²) in [6.45, 7) is 3.96. The molecule has 0 saturated heterocycles. The van der Waals surface area contributed by atoms with Gasteiger partial charge >= 0.3 is 0 Å². The first-order chi connectivity index (χ1) is 7.19. The number of rotatable bonds is 3. The summed E-state index contributed by atoms with van der Waals surface area (Å²) in [5.74, 6) is 0. The molecule has 0 radical (unpaired) electrons. The van der Waals surface area contributed by atoms with E-state index in [0.29, 0.717) is 5.69 Å². The third kappa shape index (κ3) is 2.71. The number of aryl methyl sites for hydroxylation is 2. The Morgan fingerprint density at radius 2 is 1.93 bits per heavy atom. The Bertz CT molecular complexity index is 468. The highest BCUT2D eigenvalue weighted by Crippen LogP contribution is 2.25. The number of hydrogen-bond acceptors (Lipinski definition) is 4. The summed E-state index contributed by atoms with van der Waals surface area (Å²) in [4.78, 5) is 27.3. The molecule has 1 aromatic rings. The molecule has 76 valence electrons. The topological polar surface area (TPSA) is 58.9 Å². The predicted octanol–water partition coefficient (Wildman–Crippen LogP) is 2.11. The molecule has 1 aromatic carbocycles. The standard InChI is InChI=1S/C11H10N2O2/c1-8-3-9(2)11(13-7-15)10(4-8)5-12-6-14/h3-4H,5H2,1-2H3.